The van der Waals surface area contributed by atoms with Crippen molar-refractivity contribution in [1.29, 1.82) is 0 Å². The summed E-state index contributed by atoms with van der Waals surface area (Å²) in [6.07, 6.45) is 5.17. The van der Waals surface area contributed by atoms with Crippen LogP contribution in [0.1, 0.15) is 27.0 Å². The molecule has 0 aliphatic heterocycles. The van der Waals surface area contributed by atoms with Gasteiger partial charge in [-0.3, -0.25) is 14.8 Å². The third-order valence-electron chi connectivity index (χ3n) is 5.52. The van der Waals surface area contributed by atoms with E-state index in [0.717, 1.165) is 46.4 Å². The molecule has 5 nitrogen and oxygen atoms in total. The summed E-state index contributed by atoms with van der Waals surface area (Å²) in [5.41, 5.74) is 6.76. The Morgan fingerprint density at radius 2 is 1.65 bits per heavy atom. The third-order valence-corrected chi connectivity index (χ3v) is 5.52. The third kappa shape index (κ3) is 5.95. The molecule has 0 saturated carbocycles. The van der Waals surface area contributed by atoms with Crippen LogP contribution in [0.3, 0.4) is 0 Å². The average Bonchev–Trinajstić information content (AvgIpc) is 2.88. The highest BCUT2D eigenvalue weighted by molar-refractivity contribution is 5.78. The summed E-state index contributed by atoms with van der Waals surface area (Å²) in [6, 6.07) is 23.5. The summed E-state index contributed by atoms with van der Waals surface area (Å²) in [7, 11) is 0. The average molecular weight is 451 g/mol. The van der Waals surface area contributed by atoms with Gasteiger partial charge in [0.25, 0.3) is 0 Å². The van der Waals surface area contributed by atoms with E-state index in [4.69, 9.17) is 9.47 Å². The number of rotatable bonds is 10. The Hall–Kier alpha value is -4.25. The number of aromatic nitrogens is 1. The molecule has 34 heavy (non-hydrogen) atoms. The van der Waals surface area contributed by atoms with Gasteiger partial charge >= 0.3 is 0 Å². The van der Waals surface area contributed by atoms with Crippen molar-refractivity contribution in [2.75, 3.05) is 6.61 Å². The Kier molecular flexibility index (Phi) is 7.45. The molecule has 1 heterocycles. The molecule has 0 radical (unpaired) electrons. The summed E-state index contributed by atoms with van der Waals surface area (Å²) in [5, 5.41) is 0. The minimum absolute atomic E-state index is 0.429. The van der Waals surface area contributed by atoms with E-state index in [1.165, 1.54) is 5.56 Å². The summed E-state index contributed by atoms with van der Waals surface area (Å²) in [4.78, 5) is 19.2. The zero-order chi connectivity index (χ0) is 23.8. The van der Waals surface area contributed by atoms with Gasteiger partial charge in [-0.05, 0) is 72.3 Å². The van der Waals surface area contributed by atoms with E-state index in [9.17, 15) is 4.79 Å². The zero-order valence-corrected chi connectivity index (χ0v) is 19.1. The van der Waals surface area contributed by atoms with E-state index in [-0.39, 0.29) is 0 Å². The van der Waals surface area contributed by atoms with Crippen LogP contribution >= 0.6 is 0 Å². The molecule has 170 valence electrons. The number of aryl methyl sites for hydroxylation is 1. The fourth-order valence-corrected chi connectivity index (χ4v) is 3.63. The standard InChI is InChI=1S/C29H26N2O3/c1-21-15-24(19-32)7-12-29(21)25-16-28(18-31-17-25)34-20-23-5-10-27(11-6-23)33-14-13-22-3-8-26(30-2)9-4-22/h3-12,15-19H,2,13-14,20H2,1H3. The van der Waals surface area contributed by atoms with Crippen LogP contribution in [0.4, 0.5) is 5.69 Å². The molecule has 3 aromatic carbocycles. The van der Waals surface area contributed by atoms with Crippen LogP contribution in [0.25, 0.3) is 11.1 Å². The summed E-state index contributed by atoms with van der Waals surface area (Å²) in [5.74, 6) is 1.51. The van der Waals surface area contributed by atoms with Crippen LogP contribution in [-0.4, -0.2) is 24.6 Å². The lowest BCUT2D eigenvalue weighted by atomic mass is 10.00. The van der Waals surface area contributed by atoms with E-state index in [1.807, 2.05) is 79.7 Å². The Bertz CT molecular complexity index is 1270. The van der Waals surface area contributed by atoms with E-state index < -0.39 is 0 Å². The van der Waals surface area contributed by atoms with Crippen molar-refractivity contribution in [2.45, 2.75) is 20.0 Å². The van der Waals surface area contributed by atoms with Gasteiger partial charge in [0, 0.05) is 23.7 Å². The normalized spacial score (nSPS) is 10.5. The molecule has 0 aliphatic carbocycles. The van der Waals surface area contributed by atoms with Crippen molar-refractivity contribution >= 4 is 18.7 Å². The molecule has 0 saturated heterocycles. The maximum absolute atomic E-state index is 11.0. The zero-order valence-electron chi connectivity index (χ0n) is 19.1. The molecule has 4 aromatic rings. The number of aliphatic imine (C=N–C) groups is 1. The van der Waals surface area contributed by atoms with E-state index in [2.05, 4.69) is 16.7 Å². The SMILES string of the molecule is C=Nc1ccc(CCOc2ccc(COc3cncc(-c4ccc(C=O)cc4C)c3)cc2)cc1. The van der Waals surface area contributed by atoms with Crippen molar-refractivity contribution in [3.05, 3.63) is 107 Å². The molecule has 0 unspecified atom stereocenters. The van der Waals surface area contributed by atoms with Crippen molar-refractivity contribution in [3.63, 3.8) is 0 Å². The van der Waals surface area contributed by atoms with Crippen LogP contribution in [0.2, 0.25) is 0 Å². The molecule has 0 amide bonds. The van der Waals surface area contributed by atoms with E-state index in [0.29, 0.717) is 24.5 Å². The summed E-state index contributed by atoms with van der Waals surface area (Å²) >= 11 is 0. The first-order valence-electron chi connectivity index (χ1n) is 11.1. The van der Waals surface area contributed by atoms with Gasteiger partial charge in [-0.15, -0.1) is 0 Å². The second kappa shape index (κ2) is 11.1. The quantitative estimate of drug-likeness (QED) is 0.207. The monoisotopic (exact) mass is 450 g/mol. The first-order valence-corrected chi connectivity index (χ1v) is 11.1. The first-order chi connectivity index (χ1) is 16.6. The lowest BCUT2D eigenvalue weighted by Gasteiger charge is -2.11. The summed E-state index contributed by atoms with van der Waals surface area (Å²) < 4.78 is 11.8. The van der Waals surface area contributed by atoms with Crippen molar-refractivity contribution < 1.29 is 14.3 Å². The van der Waals surface area contributed by atoms with Crippen LogP contribution in [0.5, 0.6) is 11.5 Å². The minimum Gasteiger partial charge on any atom is -0.493 e. The second-order valence-corrected chi connectivity index (χ2v) is 7.96. The number of aldehydes is 1. The highest BCUT2D eigenvalue weighted by Crippen LogP contribution is 2.27. The van der Waals surface area contributed by atoms with E-state index in [1.54, 1.807) is 12.4 Å². The fraction of sp³-hybridized carbons (Fsp3) is 0.138. The Labute approximate surface area is 199 Å². The number of carbonyl (C=O) groups is 1. The van der Waals surface area contributed by atoms with Crippen LogP contribution in [0, 0.1) is 6.92 Å². The molecular weight excluding hydrogens is 424 g/mol. The Morgan fingerprint density at radius 1 is 0.882 bits per heavy atom. The molecule has 0 bridgehead atoms. The number of nitrogens with zero attached hydrogens (tertiary/aromatic N) is 2. The number of hydrogen-bond donors (Lipinski definition) is 0. The molecule has 5 heteroatoms. The van der Waals surface area contributed by atoms with E-state index >= 15 is 0 Å². The van der Waals surface area contributed by atoms with Gasteiger partial charge < -0.3 is 9.47 Å². The van der Waals surface area contributed by atoms with Gasteiger partial charge in [-0.25, -0.2) is 0 Å². The van der Waals surface area contributed by atoms with Gasteiger partial charge in [-0.2, -0.15) is 0 Å². The smallest absolute Gasteiger partial charge is 0.150 e. The molecule has 0 aliphatic rings. The minimum atomic E-state index is 0.429. The highest BCUT2D eigenvalue weighted by Gasteiger charge is 2.06. The van der Waals surface area contributed by atoms with Crippen LogP contribution in [0.15, 0.2) is 90.2 Å². The summed E-state index contributed by atoms with van der Waals surface area (Å²) in [6.45, 7) is 6.54. The largest absolute Gasteiger partial charge is 0.493 e. The van der Waals surface area contributed by atoms with Crippen molar-refractivity contribution in [1.82, 2.24) is 4.98 Å². The molecule has 1 aromatic heterocycles. The number of pyridine rings is 1. The maximum Gasteiger partial charge on any atom is 0.150 e. The second-order valence-electron chi connectivity index (χ2n) is 7.96. The predicted molar refractivity (Wildman–Crippen MR) is 135 cm³/mol. The lowest BCUT2D eigenvalue weighted by Crippen LogP contribution is -2.01. The number of ether oxygens (including phenoxy) is 2. The molecular formula is C29H26N2O3. The molecule has 4 rings (SSSR count). The van der Waals surface area contributed by atoms with Gasteiger partial charge in [-0.1, -0.05) is 36.4 Å². The maximum atomic E-state index is 11.0. The fourth-order valence-electron chi connectivity index (χ4n) is 3.63. The number of hydrogen-bond acceptors (Lipinski definition) is 5. The topological polar surface area (TPSA) is 60.8 Å². The number of carbonyl (C=O) groups excluding carboxylic acids is 1. The van der Waals surface area contributed by atoms with Crippen molar-refractivity contribution in [3.8, 4) is 22.6 Å². The molecule has 0 spiro atoms. The lowest BCUT2D eigenvalue weighted by molar-refractivity contribution is 0.112. The Morgan fingerprint density at radius 3 is 2.35 bits per heavy atom. The van der Waals surface area contributed by atoms with Crippen LogP contribution in [-0.2, 0) is 13.0 Å². The van der Waals surface area contributed by atoms with Gasteiger partial charge in [0.2, 0.25) is 0 Å². The van der Waals surface area contributed by atoms with Gasteiger partial charge in [0.15, 0.2) is 0 Å². The first kappa shape index (κ1) is 22.9. The van der Waals surface area contributed by atoms with Gasteiger partial charge in [0.05, 0.1) is 18.5 Å². The van der Waals surface area contributed by atoms with Crippen LogP contribution < -0.4 is 9.47 Å². The predicted octanol–water partition coefficient (Wildman–Crippen LogP) is 6.40. The highest BCUT2D eigenvalue weighted by atomic mass is 16.5. The van der Waals surface area contributed by atoms with Crippen molar-refractivity contribution in [2.24, 2.45) is 4.99 Å². The molecule has 0 N–H and O–H groups in total. The molecule has 0 fully saturated rings. The molecule has 0 atom stereocenters. The van der Waals surface area contributed by atoms with Gasteiger partial charge in [0.1, 0.15) is 24.4 Å². The number of benzene rings is 3. The Balaban J connectivity index is 1.30.